The second kappa shape index (κ2) is 5.39. The standard InChI is InChI=1S/C14H25N3O/c1-10(9-15)8-12-16-13(17-18-12)11-4-6-14(2,3)7-5-11/h10-11H,4-9,15H2,1-3H3. The van der Waals surface area contributed by atoms with Gasteiger partial charge in [-0.25, -0.2) is 0 Å². The maximum absolute atomic E-state index is 5.61. The van der Waals surface area contributed by atoms with Gasteiger partial charge in [-0.1, -0.05) is 25.9 Å². The normalized spacial score (nSPS) is 22.0. The van der Waals surface area contributed by atoms with E-state index in [4.69, 9.17) is 10.3 Å². The lowest BCUT2D eigenvalue weighted by atomic mass is 9.73. The van der Waals surface area contributed by atoms with Gasteiger partial charge in [0.25, 0.3) is 0 Å². The van der Waals surface area contributed by atoms with Crippen LogP contribution in [0, 0.1) is 11.3 Å². The third-order valence-corrected chi connectivity index (χ3v) is 4.11. The highest BCUT2D eigenvalue weighted by atomic mass is 16.5. The number of nitrogens with two attached hydrogens (primary N) is 1. The van der Waals surface area contributed by atoms with Gasteiger partial charge in [-0.15, -0.1) is 0 Å². The zero-order valence-electron chi connectivity index (χ0n) is 11.8. The highest BCUT2D eigenvalue weighted by Gasteiger charge is 2.30. The second-order valence-electron chi connectivity index (χ2n) is 6.53. The summed E-state index contributed by atoms with van der Waals surface area (Å²) in [7, 11) is 0. The van der Waals surface area contributed by atoms with E-state index in [2.05, 4.69) is 30.9 Å². The van der Waals surface area contributed by atoms with Crippen molar-refractivity contribution in [3.63, 3.8) is 0 Å². The SMILES string of the molecule is CC(CN)Cc1nc(C2CCC(C)(C)CC2)no1. The van der Waals surface area contributed by atoms with Gasteiger partial charge in [0.1, 0.15) is 0 Å². The van der Waals surface area contributed by atoms with Crippen LogP contribution < -0.4 is 5.73 Å². The molecule has 1 unspecified atom stereocenters. The van der Waals surface area contributed by atoms with Crippen LogP contribution in [0.5, 0.6) is 0 Å². The van der Waals surface area contributed by atoms with E-state index in [1.165, 1.54) is 25.7 Å². The molecule has 0 radical (unpaired) electrons. The predicted molar refractivity (Wildman–Crippen MR) is 71.2 cm³/mol. The molecule has 0 aromatic carbocycles. The molecule has 1 atom stereocenters. The van der Waals surface area contributed by atoms with Crippen molar-refractivity contribution in [1.82, 2.24) is 10.1 Å². The zero-order chi connectivity index (χ0) is 13.2. The van der Waals surface area contributed by atoms with Crippen molar-refractivity contribution in [2.24, 2.45) is 17.1 Å². The summed E-state index contributed by atoms with van der Waals surface area (Å²) in [5.41, 5.74) is 6.09. The van der Waals surface area contributed by atoms with E-state index in [0.717, 1.165) is 18.1 Å². The van der Waals surface area contributed by atoms with Crippen molar-refractivity contribution in [1.29, 1.82) is 0 Å². The van der Waals surface area contributed by atoms with Crippen LogP contribution in [0.1, 0.15) is 64.1 Å². The smallest absolute Gasteiger partial charge is 0.226 e. The minimum atomic E-state index is 0.406. The first-order chi connectivity index (χ1) is 8.50. The van der Waals surface area contributed by atoms with E-state index in [0.29, 0.717) is 23.8 Å². The molecule has 1 aromatic heterocycles. The summed E-state index contributed by atoms with van der Waals surface area (Å²) < 4.78 is 5.33. The summed E-state index contributed by atoms with van der Waals surface area (Å²) in [5, 5.41) is 4.15. The Labute approximate surface area is 109 Å². The Morgan fingerprint density at radius 2 is 2.06 bits per heavy atom. The molecule has 2 N–H and O–H groups in total. The van der Waals surface area contributed by atoms with Crippen LogP contribution in [0.15, 0.2) is 4.52 Å². The lowest BCUT2D eigenvalue weighted by molar-refractivity contribution is 0.218. The Morgan fingerprint density at radius 1 is 1.39 bits per heavy atom. The van der Waals surface area contributed by atoms with Gasteiger partial charge < -0.3 is 10.3 Å². The molecule has 0 spiro atoms. The topological polar surface area (TPSA) is 64.9 Å². The van der Waals surface area contributed by atoms with Crippen LogP contribution in [-0.2, 0) is 6.42 Å². The summed E-state index contributed by atoms with van der Waals surface area (Å²) in [6.45, 7) is 7.45. The molecule has 1 aromatic rings. The molecule has 1 fully saturated rings. The summed E-state index contributed by atoms with van der Waals surface area (Å²) >= 11 is 0. The second-order valence-corrected chi connectivity index (χ2v) is 6.53. The monoisotopic (exact) mass is 251 g/mol. The minimum Gasteiger partial charge on any atom is -0.339 e. The Balaban J connectivity index is 1.94. The van der Waals surface area contributed by atoms with Crippen LogP contribution >= 0.6 is 0 Å². The first-order valence-corrected chi connectivity index (χ1v) is 7.03. The van der Waals surface area contributed by atoms with Gasteiger partial charge in [0.2, 0.25) is 5.89 Å². The average molecular weight is 251 g/mol. The number of aromatic nitrogens is 2. The molecule has 0 saturated heterocycles. The van der Waals surface area contributed by atoms with E-state index in [1.54, 1.807) is 0 Å². The number of rotatable bonds is 4. The molecule has 1 saturated carbocycles. The van der Waals surface area contributed by atoms with E-state index in [-0.39, 0.29) is 0 Å². The van der Waals surface area contributed by atoms with Gasteiger partial charge in [-0.2, -0.15) is 4.98 Å². The molecule has 0 amide bonds. The van der Waals surface area contributed by atoms with Crippen LogP contribution in [-0.4, -0.2) is 16.7 Å². The van der Waals surface area contributed by atoms with Crippen molar-refractivity contribution in [2.45, 2.75) is 58.8 Å². The Hall–Kier alpha value is -0.900. The minimum absolute atomic E-state index is 0.406. The van der Waals surface area contributed by atoms with E-state index in [1.807, 2.05) is 0 Å². The van der Waals surface area contributed by atoms with Crippen molar-refractivity contribution >= 4 is 0 Å². The van der Waals surface area contributed by atoms with Crippen LogP contribution in [0.2, 0.25) is 0 Å². The number of hydrogen-bond donors (Lipinski definition) is 1. The van der Waals surface area contributed by atoms with Gasteiger partial charge in [0.05, 0.1) is 0 Å². The summed E-state index contributed by atoms with van der Waals surface area (Å²) in [4.78, 5) is 4.54. The molecule has 1 aliphatic carbocycles. The molecule has 0 bridgehead atoms. The Bertz CT molecular complexity index is 376. The van der Waals surface area contributed by atoms with Crippen LogP contribution in [0.25, 0.3) is 0 Å². The van der Waals surface area contributed by atoms with Gasteiger partial charge in [-0.3, -0.25) is 0 Å². The van der Waals surface area contributed by atoms with E-state index >= 15 is 0 Å². The van der Waals surface area contributed by atoms with Gasteiger partial charge in [0.15, 0.2) is 5.82 Å². The summed E-state index contributed by atoms with van der Waals surface area (Å²) in [5.74, 6) is 2.55. The molecule has 2 rings (SSSR count). The quantitative estimate of drug-likeness (QED) is 0.893. The lowest BCUT2D eigenvalue weighted by Gasteiger charge is -2.32. The molecule has 4 nitrogen and oxygen atoms in total. The molecule has 1 aliphatic rings. The fourth-order valence-electron chi connectivity index (χ4n) is 2.56. The van der Waals surface area contributed by atoms with Crippen LogP contribution in [0.3, 0.4) is 0 Å². The average Bonchev–Trinajstić information content (AvgIpc) is 2.77. The van der Waals surface area contributed by atoms with Gasteiger partial charge in [-0.05, 0) is 43.6 Å². The van der Waals surface area contributed by atoms with Crippen molar-refractivity contribution < 1.29 is 4.52 Å². The maximum atomic E-state index is 5.61. The highest BCUT2D eigenvalue weighted by molar-refractivity contribution is 4.99. The molecular weight excluding hydrogens is 226 g/mol. The molecule has 4 heteroatoms. The fraction of sp³-hybridized carbons (Fsp3) is 0.857. The third kappa shape index (κ3) is 3.31. The molecule has 1 heterocycles. The summed E-state index contributed by atoms with van der Waals surface area (Å²) in [6.07, 6.45) is 5.65. The molecule has 102 valence electrons. The predicted octanol–water partition coefficient (Wildman–Crippen LogP) is 2.89. The first-order valence-electron chi connectivity index (χ1n) is 7.03. The Kier molecular flexibility index (Phi) is 4.05. The largest absolute Gasteiger partial charge is 0.339 e. The zero-order valence-corrected chi connectivity index (χ0v) is 11.8. The lowest BCUT2D eigenvalue weighted by Crippen LogP contribution is -2.20. The van der Waals surface area contributed by atoms with Crippen molar-refractivity contribution in [3.8, 4) is 0 Å². The number of hydrogen-bond acceptors (Lipinski definition) is 4. The van der Waals surface area contributed by atoms with E-state index in [9.17, 15) is 0 Å². The Morgan fingerprint density at radius 3 is 2.67 bits per heavy atom. The van der Waals surface area contributed by atoms with Gasteiger partial charge in [0, 0.05) is 12.3 Å². The number of nitrogens with zero attached hydrogens (tertiary/aromatic N) is 2. The van der Waals surface area contributed by atoms with Crippen LogP contribution in [0.4, 0.5) is 0 Å². The van der Waals surface area contributed by atoms with Crippen molar-refractivity contribution in [2.75, 3.05) is 6.54 Å². The molecular formula is C14H25N3O. The van der Waals surface area contributed by atoms with E-state index < -0.39 is 0 Å². The first kappa shape index (κ1) is 13.5. The highest BCUT2D eigenvalue weighted by Crippen LogP contribution is 2.41. The third-order valence-electron chi connectivity index (χ3n) is 4.11. The molecule has 0 aliphatic heterocycles. The molecule has 18 heavy (non-hydrogen) atoms. The van der Waals surface area contributed by atoms with Gasteiger partial charge >= 0.3 is 0 Å². The fourth-order valence-corrected chi connectivity index (χ4v) is 2.56. The van der Waals surface area contributed by atoms with Crippen molar-refractivity contribution in [3.05, 3.63) is 11.7 Å². The maximum Gasteiger partial charge on any atom is 0.226 e. The summed E-state index contributed by atoms with van der Waals surface area (Å²) in [6, 6.07) is 0.